The monoisotopic (exact) mass is 433 g/mol. The van der Waals surface area contributed by atoms with Crippen LogP contribution in [0.4, 0.5) is 5.69 Å². The lowest BCUT2D eigenvalue weighted by molar-refractivity contribution is 0.102. The molecule has 2 aromatic heterocycles. The van der Waals surface area contributed by atoms with E-state index in [1.165, 1.54) is 11.3 Å². The average molecular weight is 434 g/mol. The number of fused-ring (bicyclic) bond motifs is 1. The second-order valence-electron chi connectivity index (χ2n) is 7.52. The van der Waals surface area contributed by atoms with Crippen LogP contribution in [0.3, 0.4) is 0 Å². The summed E-state index contributed by atoms with van der Waals surface area (Å²) < 4.78 is 7.36. The van der Waals surface area contributed by atoms with E-state index in [2.05, 4.69) is 10.3 Å². The van der Waals surface area contributed by atoms with E-state index < -0.39 is 0 Å². The molecule has 0 aliphatic rings. The Bertz CT molecular complexity index is 1290. The van der Waals surface area contributed by atoms with Crippen LogP contribution in [0.5, 0.6) is 5.75 Å². The molecule has 1 N–H and O–H groups in total. The standard InChI is InChI=1S/C24H23N3O3S/c1-15(2)30-19-12-8-7-11-18(19)26-22(28)21-16(3)20-23(31-21)25-14-27(24(20)29)13-17-9-5-4-6-10-17/h4-12,14-15H,13H2,1-3H3,(H,26,28). The van der Waals surface area contributed by atoms with E-state index in [-0.39, 0.29) is 17.6 Å². The molecule has 0 fully saturated rings. The zero-order valence-electron chi connectivity index (χ0n) is 17.6. The fraction of sp³-hybridized carbons (Fsp3) is 0.208. The van der Waals surface area contributed by atoms with Gasteiger partial charge in [0.25, 0.3) is 11.5 Å². The fourth-order valence-corrected chi connectivity index (χ4v) is 4.41. The first-order valence-electron chi connectivity index (χ1n) is 10.0. The Morgan fingerprint density at radius 1 is 1.13 bits per heavy atom. The van der Waals surface area contributed by atoms with E-state index in [9.17, 15) is 9.59 Å². The topological polar surface area (TPSA) is 73.2 Å². The molecular weight excluding hydrogens is 410 g/mol. The maximum atomic E-state index is 13.1. The van der Waals surface area contributed by atoms with Crippen LogP contribution in [-0.2, 0) is 6.54 Å². The lowest BCUT2D eigenvalue weighted by atomic mass is 10.2. The van der Waals surface area contributed by atoms with Crippen molar-refractivity contribution in [2.75, 3.05) is 5.32 Å². The predicted molar refractivity (Wildman–Crippen MR) is 124 cm³/mol. The number of aryl methyl sites for hydroxylation is 1. The fourth-order valence-electron chi connectivity index (χ4n) is 3.37. The summed E-state index contributed by atoms with van der Waals surface area (Å²) in [4.78, 5) is 31.6. The van der Waals surface area contributed by atoms with Gasteiger partial charge in [-0.1, -0.05) is 42.5 Å². The number of carbonyl (C=O) groups excluding carboxylic acids is 1. The second kappa shape index (κ2) is 8.73. The Kier molecular flexibility index (Phi) is 5.86. The van der Waals surface area contributed by atoms with Gasteiger partial charge in [0.05, 0.1) is 34.9 Å². The van der Waals surface area contributed by atoms with Crippen molar-refractivity contribution in [1.29, 1.82) is 0 Å². The van der Waals surface area contributed by atoms with Gasteiger partial charge in [0.1, 0.15) is 10.6 Å². The van der Waals surface area contributed by atoms with Gasteiger partial charge >= 0.3 is 0 Å². The number of nitrogens with zero attached hydrogens (tertiary/aromatic N) is 2. The van der Waals surface area contributed by atoms with Crippen molar-refractivity contribution < 1.29 is 9.53 Å². The van der Waals surface area contributed by atoms with Crippen molar-refractivity contribution in [2.45, 2.75) is 33.4 Å². The summed E-state index contributed by atoms with van der Waals surface area (Å²) in [6, 6.07) is 17.0. The van der Waals surface area contributed by atoms with Crippen LogP contribution >= 0.6 is 11.3 Å². The van der Waals surface area contributed by atoms with Gasteiger partial charge in [0, 0.05) is 0 Å². The number of hydrogen-bond acceptors (Lipinski definition) is 5. The summed E-state index contributed by atoms with van der Waals surface area (Å²) in [6.45, 7) is 6.08. The number of benzene rings is 2. The summed E-state index contributed by atoms with van der Waals surface area (Å²) in [5, 5.41) is 3.40. The summed E-state index contributed by atoms with van der Waals surface area (Å²) >= 11 is 1.22. The normalized spacial score (nSPS) is 11.1. The molecule has 6 nitrogen and oxygen atoms in total. The van der Waals surface area contributed by atoms with Crippen LogP contribution in [0.2, 0.25) is 0 Å². The molecule has 0 aliphatic carbocycles. The highest BCUT2D eigenvalue weighted by atomic mass is 32.1. The molecule has 2 aromatic carbocycles. The smallest absolute Gasteiger partial charge is 0.266 e. The van der Waals surface area contributed by atoms with Crippen molar-refractivity contribution in [1.82, 2.24) is 9.55 Å². The minimum absolute atomic E-state index is 0.0172. The van der Waals surface area contributed by atoms with E-state index >= 15 is 0 Å². The van der Waals surface area contributed by atoms with Crippen LogP contribution in [0, 0.1) is 6.92 Å². The van der Waals surface area contributed by atoms with Crippen LogP contribution in [0.1, 0.15) is 34.6 Å². The zero-order chi connectivity index (χ0) is 22.0. The highest BCUT2D eigenvalue weighted by Crippen LogP contribution is 2.30. The van der Waals surface area contributed by atoms with E-state index in [1.807, 2.05) is 62.4 Å². The SMILES string of the molecule is Cc1c(C(=O)Nc2ccccc2OC(C)C)sc2ncn(Cc3ccccc3)c(=O)c12. The molecule has 0 unspecified atom stereocenters. The maximum Gasteiger partial charge on any atom is 0.266 e. The quantitative estimate of drug-likeness (QED) is 0.472. The Morgan fingerprint density at radius 2 is 1.84 bits per heavy atom. The first-order chi connectivity index (χ1) is 14.9. The molecule has 0 spiro atoms. The van der Waals surface area contributed by atoms with Crippen LogP contribution < -0.4 is 15.6 Å². The molecule has 4 rings (SSSR count). The molecule has 1 amide bonds. The molecular formula is C24H23N3O3S. The zero-order valence-corrected chi connectivity index (χ0v) is 18.4. The van der Waals surface area contributed by atoms with Gasteiger partial charge in [-0.15, -0.1) is 11.3 Å². The summed E-state index contributed by atoms with van der Waals surface area (Å²) in [5.74, 6) is 0.322. The van der Waals surface area contributed by atoms with Crippen molar-refractivity contribution >= 4 is 33.1 Å². The average Bonchev–Trinajstić information content (AvgIpc) is 3.09. The van der Waals surface area contributed by atoms with E-state index in [0.717, 1.165) is 5.56 Å². The third-order valence-corrected chi connectivity index (χ3v) is 6.02. The van der Waals surface area contributed by atoms with Gasteiger partial charge in [-0.05, 0) is 44.0 Å². The molecule has 0 aliphatic heterocycles. The van der Waals surface area contributed by atoms with E-state index in [0.29, 0.717) is 38.6 Å². The highest BCUT2D eigenvalue weighted by Gasteiger charge is 2.20. The van der Waals surface area contributed by atoms with Crippen LogP contribution in [-0.4, -0.2) is 21.6 Å². The number of thiophene rings is 1. The second-order valence-corrected chi connectivity index (χ2v) is 8.52. The van der Waals surface area contributed by atoms with Gasteiger partial charge in [0.15, 0.2) is 0 Å². The highest BCUT2D eigenvalue weighted by molar-refractivity contribution is 7.20. The number of ether oxygens (including phenoxy) is 1. The molecule has 4 aromatic rings. The number of amides is 1. The third kappa shape index (κ3) is 4.36. The molecule has 2 heterocycles. The predicted octanol–water partition coefficient (Wildman–Crippen LogP) is 4.85. The Balaban J connectivity index is 1.66. The Labute approximate surface area is 184 Å². The van der Waals surface area contributed by atoms with Gasteiger partial charge in [0.2, 0.25) is 0 Å². The number of hydrogen-bond donors (Lipinski definition) is 1. The molecule has 158 valence electrons. The maximum absolute atomic E-state index is 13.1. The molecule has 0 saturated carbocycles. The summed E-state index contributed by atoms with van der Waals surface area (Å²) in [6.07, 6.45) is 1.53. The molecule has 31 heavy (non-hydrogen) atoms. The van der Waals surface area contributed by atoms with E-state index in [4.69, 9.17) is 4.74 Å². The van der Waals surface area contributed by atoms with E-state index in [1.54, 1.807) is 23.9 Å². The largest absolute Gasteiger partial charge is 0.489 e. The number of para-hydroxylation sites is 2. The first-order valence-corrected chi connectivity index (χ1v) is 10.8. The Morgan fingerprint density at radius 3 is 2.58 bits per heavy atom. The van der Waals surface area contributed by atoms with Crippen molar-refractivity contribution in [3.8, 4) is 5.75 Å². The molecule has 0 atom stereocenters. The number of rotatable bonds is 6. The number of nitrogens with one attached hydrogen (secondary N) is 1. The lowest BCUT2D eigenvalue weighted by Crippen LogP contribution is -2.21. The van der Waals surface area contributed by atoms with Gasteiger partial charge in [-0.25, -0.2) is 4.98 Å². The summed E-state index contributed by atoms with van der Waals surface area (Å²) in [5.41, 5.74) is 2.09. The van der Waals surface area contributed by atoms with Crippen molar-refractivity contribution in [3.63, 3.8) is 0 Å². The van der Waals surface area contributed by atoms with Crippen molar-refractivity contribution in [2.24, 2.45) is 0 Å². The van der Waals surface area contributed by atoms with Crippen molar-refractivity contribution in [3.05, 3.63) is 87.3 Å². The number of carbonyl (C=O) groups is 1. The van der Waals surface area contributed by atoms with Gasteiger partial charge < -0.3 is 10.1 Å². The van der Waals surface area contributed by atoms with Gasteiger partial charge in [-0.2, -0.15) is 0 Å². The lowest BCUT2D eigenvalue weighted by Gasteiger charge is -2.14. The Hall–Kier alpha value is -3.45. The molecule has 0 saturated heterocycles. The summed E-state index contributed by atoms with van der Waals surface area (Å²) in [7, 11) is 0. The molecule has 7 heteroatoms. The first kappa shape index (κ1) is 20.8. The minimum Gasteiger partial charge on any atom is -0.489 e. The van der Waals surface area contributed by atoms with Crippen LogP contribution in [0.25, 0.3) is 10.2 Å². The molecule has 0 bridgehead atoms. The minimum atomic E-state index is -0.283. The van der Waals surface area contributed by atoms with Gasteiger partial charge in [-0.3, -0.25) is 14.2 Å². The molecule has 0 radical (unpaired) electrons. The third-order valence-electron chi connectivity index (χ3n) is 4.82. The number of aromatic nitrogens is 2. The number of anilines is 1. The van der Waals surface area contributed by atoms with Crippen LogP contribution in [0.15, 0.2) is 65.7 Å².